The molecule has 1 saturated heterocycles. The molecular formula is C13H17BrN2O3. The van der Waals surface area contributed by atoms with Crippen LogP contribution in [0.1, 0.15) is 18.4 Å². The van der Waals surface area contributed by atoms with Gasteiger partial charge in [0.2, 0.25) is 0 Å². The molecule has 0 amide bonds. The van der Waals surface area contributed by atoms with E-state index >= 15 is 0 Å². The highest BCUT2D eigenvalue weighted by Crippen LogP contribution is 2.27. The molecule has 1 aromatic carbocycles. The zero-order valence-electron chi connectivity index (χ0n) is 10.6. The topological polar surface area (TPSA) is 66.6 Å². The lowest BCUT2D eigenvalue weighted by atomic mass is 9.97. The number of benzene rings is 1. The monoisotopic (exact) mass is 328 g/mol. The van der Waals surface area contributed by atoms with E-state index < -0.39 is 0 Å². The van der Waals surface area contributed by atoms with Gasteiger partial charge in [0, 0.05) is 19.2 Å². The highest BCUT2D eigenvalue weighted by atomic mass is 79.9. The maximum absolute atomic E-state index is 10.9. The summed E-state index contributed by atoms with van der Waals surface area (Å²) in [5.41, 5.74) is 1.07. The Morgan fingerprint density at radius 3 is 2.68 bits per heavy atom. The minimum atomic E-state index is -0.369. The predicted octanol–water partition coefficient (Wildman–Crippen LogP) is 2.56. The van der Waals surface area contributed by atoms with Crippen LogP contribution in [0, 0.1) is 16.0 Å². The second-order valence-electron chi connectivity index (χ2n) is 4.94. The Bertz CT molecular complexity index is 459. The fraction of sp³-hybridized carbons (Fsp3) is 0.538. The quantitative estimate of drug-likeness (QED) is 0.681. The summed E-state index contributed by atoms with van der Waals surface area (Å²) < 4.78 is 0.514. The van der Waals surface area contributed by atoms with Crippen molar-refractivity contribution in [1.82, 2.24) is 4.90 Å². The van der Waals surface area contributed by atoms with E-state index in [0.29, 0.717) is 10.4 Å². The second-order valence-corrected chi connectivity index (χ2v) is 5.80. The molecule has 0 radical (unpaired) electrons. The fourth-order valence-corrected chi connectivity index (χ4v) is 2.77. The van der Waals surface area contributed by atoms with E-state index in [1.807, 2.05) is 6.07 Å². The first-order valence-electron chi connectivity index (χ1n) is 6.36. The van der Waals surface area contributed by atoms with Crippen molar-refractivity contribution in [3.05, 3.63) is 38.3 Å². The van der Waals surface area contributed by atoms with Crippen LogP contribution >= 0.6 is 15.9 Å². The molecule has 0 spiro atoms. The normalized spacial score (nSPS) is 17.6. The largest absolute Gasteiger partial charge is 0.396 e. The fourth-order valence-electron chi connectivity index (χ4n) is 2.38. The molecule has 0 saturated carbocycles. The van der Waals surface area contributed by atoms with Crippen molar-refractivity contribution in [3.63, 3.8) is 0 Å². The Balaban J connectivity index is 2.00. The molecule has 1 aliphatic heterocycles. The van der Waals surface area contributed by atoms with Crippen molar-refractivity contribution < 1.29 is 10.0 Å². The third-order valence-electron chi connectivity index (χ3n) is 3.58. The van der Waals surface area contributed by atoms with Crippen molar-refractivity contribution in [1.29, 1.82) is 0 Å². The molecule has 6 heteroatoms. The van der Waals surface area contributed by atoms with Crippen molar-refractivity contribution in [2.75, 3.05) is 19.7 Å². The summed E-state index contributed by atoms with van der Waals surface area (Å²) >= 11 is 3.19. The molecule has 1 fully saturated rings. The first kappa shape index (κ1) is 14.4. The number of nitro benzene ring substituents is 1. The van der Waals surface area contributed by atoms with E-state index in [1.165, 1.54) is 0 Å². The minimum absolute atomic E-state index is 0.114. The van der Waals surface area contributed by atoms with Crippen molar-refractivity contribution in [3.8, 4) is 0 Å². The van der Waals surface area contributed by atoms with Crippen LogP contribution < -0.4 is 0 Å². The summed E-state index contributed by atoms with van der Waals surface area (Å²) in [6.45, 7) is 2.87. The van der Waals surface area contributed by atoms with Gasteiger partial charge in [-0.1, -0.05) is 6.07 Å². The van der Waals surface area contributed by atoms with Gasteiger partial charge in [-0.05, 0) is 59.4 Å². The molecule has 1 N–H and O–H groups in total. The maximum atomic E-state index is 10.9. The molecule has 2 rings (SSSR count). The summed E-state index contributed by atoms with van der Waals surface area (Å²) in [7, 11) is 0. The Morgan fingerprint density at radius 1 is 1.42 bits per heavy atom. The van der Waals surface area contributed by atoms with E-state index in [1.54, 1.807) is 12.1 Å². The molecule has 0 unspecified atom stereocenters. The van der Waals surface area contributed by atoms with Gasteiger partial charge in [-0.3, -0.25) is 15.0 Å². The molecule has 104 valence electrons. The summed E-state index contributed by atoms with van der Waals surface area (Å²) in [6, 6.07) is 5.27. The van der Waals surface area contributed by atoms with Gasteiger partial charge >= 0.3 is 0 Å². The summed E-state index contributed by atoms with van der Waals surface area (Å²) in [5, 5.41) is 20.0. The van der Waals surface area contributed by atoms with Gasteiger partial charge < -0.3 is 5.11 Å². The zero-order chi connectivity index (χ0) is 13.8. The van der Waals surface area contributed by atoms with Gasteiger partial charge in [0.25, 0.3) is 5.69 Å². The van der Waals surface area contributed by atoms with E-state index in [-0.39, 0.29) is 17.2 Å². The Kier molecular flexibility index (Phi) is 4.90. The Morgan fingerprint density at radius 2 is 2.11 bits per heavy atom. The number of nitrogens with zero attached hydrogens (tertiary/aromatic N) is 2. The lowest BCUT2D eigenvalue weighted by Gasteiger charge is -2.30. The second kappa shape index (κ2) is 6.45. The number of rotatable bonds is 4. The molecule has 0 aromatic heterocycles. The lowest BCUT2D eigenvalue weighted by Crippen LogP contribution is -2.34. The van der Waals surface area contributed by atoms with E-state index in [4.69, 9.17) is 5.11 Å². The van der Waals surface area contributed by atoms with E-state index in [2.05, 4.69) is 20.8 Å². The zero-order valence-corrected chi connectivity index (χ0v) is 12.2. The number of likely N-dealkylation sites (tertiary alicyclic amines) is 1. The van der Waals surface area contributed by atoms with E-state index in [0.717, 1.165) is 38.0 Å². The number of halogens is 1. The van der Waals surface area contributed by atoms with Gasteiger partial charge in [0.15, 0.2) is 0 Å². The molecule has 0 atom stereocenters. The van der Waals surface area contributed by atoms with Crippen molar-refractivity contribution in [2.45, 2.75) is 19.4 Å². The van der Waals surface area contributed by atoms with Crippen molar-refractivity contribution in [2.24, 2.45) is 5.92 Å². The van der Waals surface area contributed by atoms with Crippen LogP contribution in [-0.4, -0.2) is 34.6 Å². The SMILES string of the molecule is O=[N+]([O-])c1cc(CN2CCC(CO)CC2)ccc1Br. The third kappa shape index (κ3) is 3.75. The average Bonchev–Trinajstić information content (AvgIpc) is 2.41. The van der Waals surface area contributed by atoms with Gasteiger partial charge in [-0.2, -0.15) is 0 Å². The van der Waals surface area contributed by atoms with Gasteiger partial charge in [0.05, 0.1) is 9.40 Å². The minimum Gasteiger partial charge on any atom is -0.396 e. The third-order valence-corrected chi connectivity index (χ3v) is 4.25. The van der Waals surface area contributed by atoms with Crippen LogP contribution in [0.4, 0.5) is 5.69 Å². The smallest absolute Gasteiger partial charge is 0.283 e. The molecule has 19 heavy (non-hydrogen) atoms. The van der Waals surface area contributed by atoms with Crippen molar-refractivity contribution >= 4 is 21.6 Å². The average molecular weight is 329 g/mol. The van der Waals surface area contributed by atoms with Crippen LogP contribution in [0.15, 0.2) is 22.7 Å². The van der Waals surface area contributed by atoms with E-state index in [9.17, 15) is 10.1 Å². The standard InChI is InChI=1S/C13H17BrN2O3/c14-12-2-1-11(7-13(12)16(18)19)8-15-5-3-10(9-17)4-6-15/h1-2,7,10,17H,3-6,8-9H2. The molecule has 1 aromatic rings. The summed E-state index contributed by atoms with van der Waals surface area (Å²) in [4.78, 5) is 12.8. The van der Waals surface area contributed by atoms with Gasteiger partial charge in [0.1, 0.15) is 0 Å². The Labute approximate surface area is 120 Å². The molecular weight excluding hydrogens is 312 g/mol. The molecule has 1 heterocycles. The highest BCUT2D eigenvalue weighted by Gasteiger charge is 2.19. The Hall–Kier alpha value is -0.980. The first-order valence-corrected chi connectivity index (χ1v) is 7.15. The van der Waals surface area contributed by atoms with Crippen LogP contribution in [0.25, 0.3) is 0 Å². The summed E-state index contributed by atoms with van der Waals surface area (Å²) in [6.07, 6.45) is 1.99. The predicted molar refractivity (Wildman–Crippen MR) is 75.9 cm³/mol. The van der Waals surface area contributed by atoms with Crippen LogP contribution in [0.5, 0.6) is 0 Å². The van der Waals surface area contributed by atoms with Gasteiger partial charge in [-0.25, -0.2) is 0 Å². The lowest BCUT2D eigenvalue weighted by molar-refractivity contribution is -0.385. The number of piperidine rings is 1. The molecule has 5 nitrogen and oxygen atoms in total. The maximum Gasteiger partial charge on any atom is 0.283 e. The first-order chi connectivity index (χ1) is 9.10. The van der Waals surface area contributed by atoms with Crippen LogP contribution in [-0.2, 0) is 6.54 Å². The molecule has 0 bridgehead atoms. The number of hydrogen-bond acceptors (Lipinski definition) is 4. The summed E-state index contributed by atoms with van der Waals surface area (Å²) in [5.74, 6) is 0.413. The molecule has 0 aliphatic carbocycles. The highest BCUT2D eigenvalue weighted by molar-refractivity contribution is 9.10. The number of aliphatic hydroxyl groups excluding tert-OH is 1. The number of nitro groups is 1. The molecule has 1 aliphatic rings. The van der Waals surface area contributed by atoms with Gasteiger partial charge in [-0.15, -0.1) is 0 Å². The number of aliphatic hydroxyl groups is 1. The van der Waals surface area contributed by atoms with Crippen LogP contribution in [0.2, 0.25) is 0 Å². The van der Waals surface area contributed by atoms with Crippen LogP contribution in [0.3, 0.4) is 0 Å². The number of hydrogen-bond donors (Lipinski definition) is 1.